The first kappa shape index (κ1) is 22.1. The van der Waals surface area contributed by atoms with E-state index in [-0.39, 0.29) is 19.1 Å². The summed E-state index contributed by atoms with van der Waals surface area (Å²) in [6, 6.07) is 14.5. The molecule has 0 unspecified atom stereocenters. The van der Waals surface area contributed by atoms with Crippen molar-refractivity contribution in [2.24, 2.45) is 0 Å². The molecule has 170 valence electrons. The van der Waals surface area contributed by atoms with Gasteiger partial charge in [0, 0.05) is 28.2 Å². The van der Waals surface area contributed by atoms with Crippen molar-refractivity contribution in [3.05, 3.63) is 76.6 Å². The number of aryl methyl sites for hydroxylation is 2. The fourth-order valence-corrected chi connectivity index (χ4v) is 3.70. The lowest BCUT2D eigenvalue weighted by Crippen LogP contribution is -2.31. The number of aromatic nitrogens is 1. The van der Waals surface area contributed by atoms with Crippen LogP contribution in [0, 0.1) is 20.8 Å². The molecule has 0 radical (unpaired) electrons. The van der Waals surface area contributed by atoms with Gasteiger partial charge in [0.05, 0.1) is 0 Å². The van der Waals surface area contributed by atoms with E-state index in [1.165, 1.54) is 6.07 Å². The Morgan fingerprint density at radius 1 is 0.970 bits per heavy atom. The second kappa shape index (κ2) is 9.20. The van der Waals surface area contributed by atoms with Crippen molar-refractivity contribution in [1.82, 2.24) is 9.88 Å². The predicted octanol–water partition coefficient (Wildman–Crippen LogP) is 3.29. The van der Waals surface area contributed by atoms with Crippen LogP contribution in [0.25, 0.3) is 5.69 Å². The number of carbonyl (C=O) groups is 3. The van der Waals surface area contributed by atoms with Gasteiger partial charge in [0.2, 0.25) is 12.6 Å². The average Bonchev–Trinajstić information content (AvgIpc) is 3.39. The lowest BCUT2D eigenvalue weighted by molar-refractivity contribution is -0.141. The van der Waals surface area contributed by atoms with Crippen LogP contribution < -0.4 is 14.8 Å². The van der Waals surface area contributed by atoms with Crippen LogP contribution in [0.4, 0.5) is 0 Å². The smallest absolute Gasteiger partial charge is 0.325 e. The fourth-order valence-electron chi connectivity index (χ4n) is 3.70. The molecule has 2 aromatic carbocycles. The molecule has 8 heteroatoms. The molecule has 1 aromatic heterocycles. The Hall–Kier alpha value is -4.07. The van der Waals surface area contributed by atoms with E-state index in [1.807, 2.05) is 49.6 Å². The summed E-state index contributed by atoms with van der Waals surface area (Å²) in [5.41, 5.74) is 4.60. The molecule has 0 atom stereocenters. The number of hydrogen-bond donors (Lipinski definition) is 1. The first-order valence-corrected chi connectivity index (χ1v) is 10.5. The topological polar surface area (TPSA) is 95.9 Å². The maximum atomic E-state index is 12.7. The van der Waals surface area contributed by atoms with Crippen molar-refractivity contribution in [1.29, 1.82) is 0 Å². The lowest BCUT2D eigenvalue weighted by Gasteiger charge is -2.10. The number of esters is 1. The summed E-state index contributed by atoms with van der Waals surface area (Å²) in [5.74, 6) is -0.440. The van der Waals surface area contributed by atoms with Crippen molar-refractivity contribution in [2.45, 2.75) is 20.8 Å². The monoisotopic (exact) mass is 448 g/mol. The number of ether oxygens (including phenoxy) is 3. The number of fused-ring (bicyclic) bond motifs is 1. The summed E-state index contributed by atoms with van der Waals surface area (Å²) in [6.07, 6.45) is 0. The number of benzene rings is 2. The molecular formula is C25H24N2O6. The highest BCUT2D eigenvalue weighted by molar-refractivity contribution is 6.00. The van der Waals surface area contributed by atoms with Crippen molar-refractivity contribution in [2.75, 3.05) is 19.9 Å². The highest BCUT2D eigenvalue weighted by Gasteiger charge is 2.19. The Morgan fingerprint density at radius 2 is 1.70 bits per heavy atom. The summed E-state index contributed by atoms with van der Waals surface area (Å²) in [7, 11) is 0. The number of rotatable bonds is 7. The standard InChI is InChI=1S/C25H24N2O6/c1-15-4-7-19(8-5-15)27-16(2)10-20(17(27)3)21(28)13-31-24(29)12-26-25(30)18-6-9-22-23(11-18)33-14-32-22/h4-11H,12-14H2,1-3H3,(H,26,30). The molecule has 0 fully saturated rings. The summed E-state index contributed by atoms with van der Waals surface area (Å²) in [4.78, 5) is 37.0. The summed E-state index contributed by atoms with van der Waals surface area (Å²) >= 11 is 0. The molecule has 1 N–H and O–H groups in total. The second-order valence-electron chi connectivity index (χ2n) is 7.79. The Bertz CT molecular complexity index is 1230. The number of nitrogens with zero attached hydrogens (tertiary/aromatic N) is 1. The number of amides is 1. The van der Waals surface area contributed by atoms with Crippen LogP contribution >= 0.6 is 0 Å². The minimum atomic E-state index is -0.704. The zero-order valence-corrected chi connectivity index (χ0v) is 18.6. The van der Waals surface area contributed by atoms with Gasteiger partial charge in [-0.2, -0.15) is 0 Å². The van der Waals surface area contributed by atoms with Crippen LogP contribution in [-0.4, -0.2) is 42.2 Å². The summed E-state index contributed by atoms with van der Waals surface area (Å²) < 4.78 is 17.5. The third-order valence-electron chi connectivity index (χ3n) is 5.42. The SMILES string of the molecule is Cc1ccc(-n2c(C)cc(C(=O)COC(=O)CNC(=O)c3ccc4c(c3)OCO4)c2C)cc1. The third kappa shape index (κ3) is 4.74. The van der Waals surface area contributed by atoms with Gasteiger partial charge in [-0.1, -0.05) is 17.7 Å². The van der Waals surface area contributed by atoms with Crippen LogP contribution in [0.3, 0.4) is 0 Å². The number of nitrogens with one attached hydrogen (secondary N) is 1. The first-order valence-electron chi connectivity index (χ1n) is 10.5. The molecule has 0 saturated heterocycles. The van der Waals surface area contributed by atoms with Crippen LogP contribution in [-0.2, 0) is 9.53 Å². The van der Waals surface area contributed by atoms with Gasteiger partial charge in [0.1, 0.15) is 6.54 Å². The number of hydrogen-bond acceptors (Lipinski definition) is 6. The number of Topliss-reactive ketones (excluding diaryl/α,β-unsaturated/α-hetero) is 1. The van der Waals surface area contributed by atoms with Crippen LogP contribution in [0.5, 0.6) is 11.5 Å². The van der Waals surface area contributed by atoms with Crippen molar-refractivity contribution in [3.8, 4) is 17.2 Å². The highest BCUT2D eigenvalue weighted by atomic mass is 16.7. The molecule has 3 aromatic rings. The molecular weight excluding hydrogens is 424 g/mol. The molecule has 1 aliphatic rings. The van der Waals surface area contributed by atoms with Crippen LogP contribution in [0.2, 0.25) is 0 Å². The zero-order valence-electron chi connectivity index (χ0n) is 18.6. The van der Waals surface area contributed by atoms with Gasteiger partial charge in [0.15, 0.2) is 18.1 Å². The largest absolute Gasteiger partial charge is 0.456 e. The molecule has 1 aliphatic heterocycles. The van der Waals surface area contributed by atoms with Crippen molar-refractivity contribution >= 4 is 17.7 Å². The van der Waals surface area contributed by atoms with Crippen molar-refractivity contribution < 1.29 is 28.6 Å². The predicted molar refractivity (Wildman–Crippen MR) is 120 cm³/mol. The van der Waals surface area contributed by atoms with Gasteiger partial charge in [-0.3, -0.25) is 14.4 Å². The molecule has 2 heterocycles. The minimum absolute atomic E-state index is 0.105. The number of carbonyl (C=O) groups excluding carboxylic acids is 3. The number of ketones is 1. The molecule has 0 spiro atoms. The highest BCUT2D eigenvalue weighted by Crippen LogP contribution is 2.32. The van der Waals surface area contributed by atoms with Gasteiger partial charge in [-0.15, -0.1) is 0 Å². The maximum Gasteiger partial charge on any atom is 0.325 e. The molecule has 0 aliphatic carbocycles. The molecule has 33 heavy (non-hydrogen) atoms. The molecule has 0 bridgehead atoms. The fraction of sp³-hybridized carbons (Fsp3) is 0.240. The van der Waals surface area contributed by atoms with Crippen molar-refractivity contribution in [3.63, 3.8) is 0 Å². The van der Waals surface area contributed by atoms with Gasteiger partial charge in [-0.05, 0) is 57.2 Å². The van der Waals surface area contributed by atoms with E-state index in [4.69, 9.17) is 14.2 Å². The summed E-state index contributed by atoms with van der Waals surface area (Å²) in [5, 5.41) is 2.48. The van der Waals surface area contributed by atoms with E-state index in [0.29, 0.717) is 22.6 Å². The summed E-state index contributed by atoms with van der Waals surface area (Å²) in [6.45, 7) is 5.13. The molecule has 8 nitrogen and oxygen atoms in total. The molecule has 4 rings (SSSR count). The van der Waals surface area contributed by atoms with Gasteiger partial charge >= 0.3 is 5.97 Å². The Balaban J connectivity index is 1.32. The van der Waals surface area contributed by atoms with E-state index < -0.39 is 18.5 Å². The van der Waals surface area contributed by atoms with Crippen LogP contribution in [0.1, 0.15) is 37.7 Å². The normalized spacial score (nSPS) is 11.8. The first-order chi connectivity index (χ1) is 15.8. The average molecular weight is 448 g/mol. The minimum Gasteiger partial charge on any atom is -0.456 e. The van der Waals surface area contributed by atoms with E-state index in [9.17, 15) is 14.4 Å². The quantitative estimate of drug-likeness (QED) is 0.440. The Kier molecular flexibility index (Phi) is 6.17. The zero-order chi connectivity index (χ0) is 23.5. The van der Waals surface area contributed by atoms with Gasteiger partial charge in [0.25, 0.3) is 5.91 Å². The van der Waals surface area contributed by atoms with E-state index in [1.54, 1.807) is 18.2 Å². The van der Waals surface area contributed by atoms with Gasteiger partial charge in [-0.25, -0.2) is 0 Å². The Morgan fingerprint density at radius 3 is 2.45 bits per heavy atom. The van der Waals surface area contributed by atoms with Crippen LogP contribution in [0.15, 0.2) is 48.5 Å². The lowest BCUT2D eigenvalue weighted by atomic mass is 10.1. The van der Waals surface area contributed by atoms with Gasteiger partial charge < -0.3 is 24.1 Å². The molecule has 0 saturated carbocycles. The van der Waals surface area contributed by atoms with E-state index in [2.05, 4.69) is 5.32 Å². The third-order valence-corrected chi connectivity index (χ3v) is 5.42. The molecule has 1 amide bonds. The Labute approximate surface area is 191 Å². The second-order valence-corrected chi connectivity index (χ2v) is 7.79. The maximum absolute atomic E-state index is 12.7. The van der Waals surface area contributed by atoms with E-state index in [0.717, 1.165) is 22.6 Å². The van der Waals surface area contributed by atoms with E-state index >= 15 is 0 Å².